The smallest absolute Gasteiger partial charge is 0.226 e. The third kappa shape index (κ3) is 3.72. The van der Waals surface area contributed by atoms with E-state index in [0.717, 1.165) is 25.8 Å². The molecular formula is C16H25NO. The maximum Gasteiger partial charge on any atom is 0.226 e. The van der Waals surface area contributed by atoms with Crippen LogP contribution in [-0.2, 0) is 4.79 Å². The Hall–Kier alpha value is -1.05. The van der Waals surface area contributed by atoms with E-state index < -0.39 is 0 Å². The van der Waals surface area contributed by atoms with Crippen LogP contribution in [0.3, 0.4) is 0 Å². The molecular weight excluding hydrogens is 222 g/mol. The summed E-state index contributed by atoms with van der Waals surface area (Å²) in [4.78, 5) is 14.1. The Balaban J connectivity index is 1.83. The van der Waals surface area contributed by atoms with Crippen molar-refractivity contribution < 1.29 is 4.79 Å². The molecule has 1 amide bonds. The van der Waals surface area contributed by atoms with Gasteiger partial charge in [-0.05, 0) is 51.9 Å². The summed E-state index contributed by atoms with van der Waals surface area (Å²) < 4.78 is 0. The Bertz CT molecular complexity index is 339. The van der Waals surface area contributed by atoms with Gasteiger partial charge < -0.3 is 4.90 Å². The van der Waals surface area contributed by atoms with Gasteiger partial charge in [-0.15, -0.1) is 0 Å². The highest BCUT2D eigenvalue weighted by molar-refractivity contribution is 5.81. The molecule has 100 valence electrons. The first-order valence-corrected chi connectivity index (χ1v) is 7.30. The zero-order valence-corrected chi connectivity index (χ0v) is 11.6. The number of hydrogen-bond acceptors (Lipinski definition) is 1. The standard InChI is InChI=1S/C16H25NO/c1-13(2)17(16(18)15-10-11-15)12-6-9-14-7-4-3-5-8-14/h3-4,6,9,13-15H,5,7-8,10-12H2,1-2H3/b9-6-. The van der Waals surface area contributed by atoms with Gasteiger partial charge in [0.1, 0.15) is 0 Å². The van der Waals surface area contributed by atoms with E-state index in [1.165, 1.54) is 12.8 Å². The van der Waals surface area contributed by atoms with Gasteiger partial charge >= 0.3 is 0 Å². The fourth-order valence-electron chi connectivity index (χ4n) is 2.48. The van der Waals surface area contributed by atoms with Crippen LogP contribution in [0, 0.1) is 11.8 Å². The average molecular weight is 247 g/mol. The van der Waals surface area contributed by atoms with E-state index in [-0.39, 0.29) is 0 Å². The number of allylic oxidation sites excluding steroid dienone is 3. The lowest BCUT2D eigenvalue weighted by Gasteiger charge is -2.25. The van der Waals surface area contributed by atoms with Crippen molar-refractivity contribution in [3.63, 3.8) is 0 Å². The van der Waals surface area contributed by atoms with Gasteiger partial charge in [-0.3, -0.25) is 4.79 Å². The fourth-order valence-corrected chi connectivity index (χ4v) is 2.48. The first kappa shape index (κ1) is 13.4. The van der Waals surface area contributed by atoms with Gasteiger partial charge in [0, 0.05) is 18.5 Å². The predicted molar refractivity (Wildman–Crippen MR) is 75.2 cm³/mol. The van der Waals surface area contributed by atoms with Crippen LogP contribution < -0.4 is 0 Å². The Morgan fingerprint density at radius 1 is 1.33 bits per heavy atom. The van der Waals surface area contributed by atoms with E-state index in [1.54, 1.807) is 0 Å². The van der Waals surface area contributed by atoms with E-state index in [2.05, 4.69) is 38.2 Å². The van der Waals surface area contributed by atoms with Crippen LogP contribution in [0.15, 0.2) is 24.3 Å². The number of hydrogen-bond donors (Lipinski definition) is 0. The summed E-state index contributed by atoms with van der Waals surface area (Å²) in [7, 11) is 0. The number of nitrogens with zero attached hydrogens (tertiary/aromatic N) is 1. The second-order valence-electron chi connectivity index (χ2n) is 5.83. The van der Waals surface area contributed by atoms with Crippen LogP contribution in [0.25, 0.3) is 0 Å². The lowest BCUT2D eigenvalue weighted by Crippen LogP contribution is -2.38. The van der Waals surface area contributed by atoms with Crippen molar-refractivity contribution in [3.8, 4) is 0 Å². The van der Waals surface area contributed by atoms with Gasteiger partial charge in [-0.25, -0.2) is 0 Å². The van der Waals surface area contributed by atoms with Gasteiger partial charge in [-0.2, -0.15) is 0 Å². The summed E-state index contributed by atoms with van der Waals surface area (Å²) >= 11 is 0. The van der Waals surface area contributed by atoms with Gasteiger partial charge in [0.25, 0.3) is 0 Å². The monoisotopic (exact) mass is 247 g/mol. The van der Waals surface area contributed by atoms with Crippen molar-refractivity contribution in [2.45, 2.75) is 52.0 Å². The van der Waals surface area contributed by atoms with Crippen molar-refractivity contribution in [1.82, 2.24) is 4.90 Å². The lowest BCUT2D eigenvalue weighted by atomic mass is 9.94. The Labute approximate surface area is 111 Å². The molecule has 0 saturated heterocycles. The summed E-state index contributed by atoms with van der Waals surface area (Å²) in [6, 6.07) is 0.314. The number of rotatable bonds is 5. The van der Waals surface area contributed by atoms with Gasteiger partial charge in [0.15, 0.2) is 0 Å². The van der Waals surface area contributed by atoms with Crippen molar-refractivity contribution in [2.24, 2.45) is 11.8 Å². The van der Waals surface area contributed by atoms with E-state index in [1.807, 2.05) is 4.90 Å². The van der Waals surface area contributed by atoms with Crippen LogP contribution in [-0.4, -0.2) is 23.4 Å². The van der Waals surface area contributed by atoms with E-state index in [4.69, 9.17) is 0 Å². The molecule has 2 aliphatic rings. The molecule has 2 nitrogen and oxygen atoms in total. The molecule has 0 spiro atoms. The van der Waals surface area contributed by atoms with Gasteiger partial charge in [0.2, 0.25) is 5.91 Å². The van der Waals surface area contributed by atoms with E-state index in [9.17, 15) is 4.79 Å². The third-order valence-corrected chi connectivity index (χ3v) is 3.85. The minimum atomic E-state index is 0.314. The molecule has 0 aromatic carbocycles. The quantitative estimate of drug-likeness (QED) is 0.680. The first-order valence-electron chi connectivity index (χ1n) is 7.30. The molecule has 1 unspecified atom stereocenters. The van der Waals surface area contributed by atoms with Crippen LogP contribution in [0.4, 0.5) is 0 Å². The van der Waals surface area contributed by atoms with Crippen molar-refractivity contribution in [2.75, 3.05) is 6.54 Å². The minimum Gasteiger partial charge on any atom is -0.336 e. The second kappa shape index (κ2) is 6.21. The molecule has 1 fully saturated rings. The Morgan fingerprint density at radius 3 is 2.67 bits per heavy atom. The molecule has 2 heteroatoms. The SMILES string of the molecule is CC(C)N(C/C=C\C1CC=CCC1)C(=O)C1CC1. The topological polar surface area (TPSA) is 20.3 Å². The van der Waals surface area contributed by atoms with Crippen LogP contribution >= 0.6 is 0 Å². The van der Waals surface area contributed by atoms with Crippen LogP contribution in [0.2, 0.25) is 0 Å². The number of amides is 1. The molecule has 18 heavy (non-hydrogen) atoms. The molecule has 1 atom stereocenters. The molecule has 2 rings (SSSR count). The second-order valence-corrected chi connectivity index (χ2v) is 5.83. The van der Waals surface area contributed by atoms with Crippen LogP contribution in [0.5, 0.6) is 0 Å². The van der Waals surface area contributed by atoms with E-state index >= 15 is 0 Å². The minimum absolute atomic E-state index is 0.314. The molecule has 0 aliphatic heterocycles. The molecule has 0 heterocycles. The van der Waals surface area contributed by atoms with Crippen molar-refractivity contribution in [3.05, 3.63) is 24.3 Å². The highest BCUT2D eigenvalue weighted by Gasteiger charge is 2.33. The molecule has 2 aliphatic carbocycles. The van der Waals surface area contributed by atoms with Crippen molar-refractivity contribution >= 4 is 5.91 Å². The van der Waals surface area contributed by atoms with Crippen LogP contribution in [0.1, 0.15) is 46.0 Å². The normalized spacial score (nSPS) is 23.8. The molecule has 0 aromatic rings. The average Bonchev–Trinajstić information content (AvgIpc) is 3.19. The largest absolute Gasteiger partial charge is 0.336 e. The fraction of sp³-hybridized carbons (Fsp3) is 0.688. The van der Waals surface area contributed by atoms with Crippen molar-refractivity contribution in [1.29, 1.82) is 0 Å². The molecule has 0 bridgehead atoms. The lowest BCUT2D eigenvalue weighted by molar-refractivity contribution is -0.133. The Morgan fingerprint density at radius 2 is 2.11 bits per heavy atom. The van der Waals surface area contributed by atoms with E-state index in [0.29, 0.717) is 23.8 Å². The molecule has 0 aromatic heterocycles. The Kier molecular flexibility index (Phi) is 4.62. The van der Waals surface area contributed by atoms with Gasteiger partial charge in [-0.1, -0.05) is 24.3 Å². The predicted octanol–water partition coefficient (Wildman–Crippen LogP) is 3.55. The summed E-state index contributed by atoms with van der Waals surface area (Å²) in [6.45, 7) is 5.00. The zero-order valence-electron chi connectivity index (χ0n) is 11.6. The molecule has 0 radical (unpaired) electrons. The summed E-state index contributed by atoms with van der Waals surface area (Å²) in [5.74, 6) is 1.37. The zero-order chi connectivity index (χ0) is 13.0. The maximum atomic E-state index is 12.1. The number of carbonyl (C=O) groups excluding carboxylic acids is 1. The summed E-state index contributed by atoms with van der Waals surface area (Å²) in [5, 5.41) is 0. The third-order valence-electron chi connectivity index (χ3n) is 3.85. The molecule has 1 saturated carbocycles. The summed E-state index contributed by atoms with van der Waals surface area (Å²) in [5.41, 5.74) is 0. The maximum absolute atomic E-state index is 12.1. The number of carbonyl (C=O) groups is 1. The van der Waals surface area contributed by atoms with Gasteiger partial charge in [0.05, 0.1) is 0 Å². The summed E-state index contributed by atoms with van der Waals surface area (Å²) in [6.07, 6.45) is 14.8. The highest BCUT2D eigenvalue weighted by atomic mass is 16.2. The molecule has 0 N–H and O–H groups in total. The highest BCUT2D eigenvalue weighted by Crippen LogP contribution is 2.31. The first-order chi connectivity index (χ1) is 8.68.